The van der Waals surface area contributed by atoms with Crippen LogP contribution in [-0.4, -0.2) is 20.8 Å². The Balaban J connectivity index is 1.35. The van der Waals surface area contributed by atoms with Gasteiger partial charge in [0.15, 0.2) is 0 Å². The quantitative estimate of drug-likeness (QED) is 0.242. The van der Waals surface area contributed by atoms with Crippen molar-refractivity contribution in [2.45, 2.75) is 9.79 Å². The van der Waals surface area contributed by atoms with Crippen LogP contribution < -0.4 is 0 Å². The first-order valence-corrected chi connectivity index (χ1v) is 12.6. The summed E-state index contributed by atoms with van der Waals surface area (Å²) in [7, 11) is -3.64. The van der Waals surface area contributed by atoms with Crippen molar-refractivity contribution < 1.29 is 8.42 Å². The van der Waals surface area contributed by atoms with Crippen LogP contribution in [0.15, 0.2) is 129 Å². The van der Waals surface area contributed by atoms with Crippen LogP contribution in [0, 0.1) is 0 Å². The second-order valence-corrected chi connectivity index (χ2v) is 9.85. The van der Waals surface area contributed by atoms with E-state index in [-0.39, 0.29) is 9.79 Å². The summed E-state index contributed by atoms with van der Waals surface area (Å²) in [5.41, 5.74) is 4.70. The monoisotopic (exact) mass is 474 g/mol. The van der Waals surface area contributed by atoms with Gasteiger partial charge in [-0.3, -0.25) is 9.98 Å². The number of rotatable bonds is 6. The first kappa shape index (κ1) is 22.4. The van der Waals surface area contributed by atoms with Crippen molar-refractivity contribution >= 4 is 45.8 Å². The Bertz CT molecular complexity index is 1470. The van der Waals surface area contributed by atoms with Crippen molar-refractivity contribution in [3.05, 3.63) is 120 Å². The second kappa shape index (κ2) is 9.87. The van der Waals surface area contributed by atoms with Crippen LogP contribution in [0.3, 0.4) is 0 Å². The molecule has 35 heavy (non-hydrogen) atoms. The Labute approximate surface area is 205 Å². The van der Waals surface area contributed by atoms with Gasteiger partial charge >= 0.3 is 0 Å². The fourth-order valence-electron chi connectivity index (χ4n) is 3.89. The molecule has 4 aromatic carbocycles. The highest BCUT2D eigenvalue weighted by atomic mass is 32.2. The van der Waals surface area contributed by atoms with E-state index in [4.69, 9.17) is 0 Å². The third-order valence-electron chi connectivity index (χ3n) is 5.60. The van der Waals surface area contributed by atoms with E-state index in [1.54, 1.807) is 24.6 Å². The molecular weight excluding hydrogens is 452 g/mol. The summed E-state index contributed by atoms with van der Waals surface area (Å²) in [6, 6.07) is 30.4. The van der Waals surface area contributed by atoms with Gasteiger partial charge in [0.05, 0.1) is 21.2 Å². The Hall–Kier alpha value is -4.35. The average molecular weight is 475 g/mol. The van der Waals surface area contributed by atoms with Crippen LogP contribution in [0.5, 0.6) is 0 Å². The van der Waals surface area contributed by atoms with Crippen molar-refractivity contribution in [2.75, 3.05) is 0 Å². The number of nitrogens with zero attached hydrogens (tertiary/aromatic N) is 2. The molecule has 0 aromatic heterocycles. The molecule has 0 bridgehead atoms. The molecule has 0 saturated heterocycles. The van der Waals surface area contributed by atoms with Crippen molar-refractivity contribution in [3.8, 4) is 11.1 Å². The molecule has 1 heterocycles. The third kappa shape index (κ3) is 4.95. The minimum atomic E-state index is -3.64. The second-order valence-electron chi connectivity index (χ2n) is 7.96. The molecule has 0 amide bonds. The number of hydrogen-bond acceptors (Lipinski definition) is 4. The average Bonchev–Trinajstić information content (AvgIpc) is 3.12. The largest absolute Gasteiger partial charge is 0.257 e. The van der Waals surface area contributed by atoms with E-state index in [1.165, 1.54) is 0 Å². The minimum absolute atomic E-state index is 0.277. The van der Waals surface area contributed by atoms with E-state index < -0.39 is 9.84 Å². The van der Waals surface area contributed by atoms with E-state index in [2.05, 4.69) is 9.98 Å². The Kier molecular flexibility index (Phi) is 6.33. The highest BCUT2D eigenvalue weighted by molar-refractivity contribution is 7.92. The van der Waals surface area contributed by atoms with E-state index in [0.717, 1.165) is 11.1 Å². The van der Waals surface area contributed by atoms with Crippen LogP contribution in [0.4, 0.5) is 11.4 Å². The topological polar surface area (TPSA) is 58.9 Å². The summed E-state index contributed by atoms with van der Waals surface area (Å²) in [4.78, 5) is 9.38. The zero-order valence-corrected chi connectivity index (χ0v) is 19.6. The van der Waals surface area contributed by atoms with Gasteiger partial charge in [-0.15, -0.1) is 0 Å². The SMILES string of the molecule is O=S1(=O)c2cc(N=C/C=C/c3ccccc3)ccc2-c2ccc(N=C/C=C/c3ccccc3)cc21. The molecule has 0 spiro atoms. The first-order valence-electron chi connectivity index (χ1n) is 11.2. The molecule has 0 N–H and O–H groups in total. The molecule has 0 fully saturated rings. The third-order valence-corrected chi connectivity index (χ3v) is 7.43. The van der Waals surface area contributed by atoms with Crippen LogP contribution in [0.25, 0.3) is 23.3 Å². The number of fused-ring (bicyclic) bond motifs is 3. The van der Waals surface area contributed by atoms with Gasteiger partial charge in [-0.25, -0.2) is 8.42 Å². The highest BCUT2D eigenvalue weighted by Gasteiger charge is 2.33. The van der Waals surface area contributed by atoms with Gasteiger partial charge in [-0.1, -0.05) is 84.9 Å². The zero-order valence-electron chi connectivity index (χ0n) is 18.8. The number of benzene rings is 4. The lowest BCUT2D eigenvalue weighted by Crippen LogP contribution is -1.96. The molecule has 170 valence electrons. The van der Waals surface area contributed by atoms with Crippen LogP contribution in [0.2, 0.25) is 0 Å². The summed E-state index contributed by atoms with van der Waals surface area (Å²) < 4.78 is 26.6. The van der Waals surface area contributed by atoms with Gasteiger partial charge in [-0.2, -0.15) is 0 Å². The molecule has 0 radical (unpaired) electrons. The van der Waals surface area contributed by atoms with Gasteiger partial charge in [0.25, 0.3) is 0 Å². The van der Waals surface area contributed by atoms with Crippen molar-refractivity contribution in [1.82, 2.24) is 0 Å². The van der Waals surface area contributed by atoms with Crippen LogP contribution in [-0.2, 0) is 9.84 Å². The molecule has 0 aliphatic carbocycles. The van der Waals surface area contributed by atoms with E-state index in [0.29, 0.717) is 22.5 Å². The molecule has 4 nitrogen and oxygen atoms in total. The molecule has 0 atom stereocenters. The lowest BCUT2D eigenvalue weighted by molar-refractivity contribution is 0.598. The van der Waals surface area contributed by atoms with Crippen molar-refractivity contribution in [3.63, 3.8) is 0 Å². The Morgan fingerprint density at radius 3 is 1.40 bits per heavy atom. The molecule has 1 aliphatic heterocycles. The fraction of sp³-hybridized carbons (Fsp3) is 0. The van der Waals surface area contributed by atoms with Crippen molar-refractivity contribution in [2.24, 2.45) is 9.98 Å². The molecule has 0 unspecified atom stereocenters. The molecule has 1 aliphatic rings. The normalized spacial score (nSPS) is 14.3. The summed E-state index contributed by atoms with van der Waals surface area (Å²) >= 11 is 0. The van der Waals surface area contributed by atoms with Gasteiger partial charge in [0.1, 0.15) is 0 Å². The van der Waals surface area contributed by atoms with Gasteiger partial charge < -0.3 is 0 Å². The summed E-state index contributed by atoms with van der Waals surface area (Å²) in [6.07, 6.45) is 10.9. The predicted molar refractivity (Wildman–Crippen MR) is 145 cm³/mol. The van der Waals surface area contributed by atoms with E-state index in [1.807, 2.05) is 109 Å². The smallest absolute Gasteiger partial charge is 0.207 e. The minimum Gasteiger partial charge on any atom is -0.257 e. The fourth-order valence-corrected chi connectivity index (χ4v) is 5.61. The number of hydrogen-bond donors (Lipinski definition) is 0. The maximum atomic E-state index is 13.3. The lowest BCUT2D eigenvalue weighted by atomic mass is 10.1. The van der Waals surface area contributed by atoms with E-state index >= 15 is 0 Å². The van der Waals surface area contributed by atoms with Gasteiger partial charge in [0.2, 0.25) is 9.84 Å². The predicted octanol–water partition coefficient (Wildman–Crippen LogP) is 7.33. The summed E-state index contributed by atoms with van der Waals surface area (Å²) in [5, 5.41) is 0. The number of aliphatic imine (C=N–C) groups is 2. The van der Waals surface area contributed by atoms with E-state index in [9.17, 15) is 8.42 Å². The maximum Gasteiger partial charge on any atom is 0.207 e. The Morgan fingerprint density at radius 2 is 0.971 bits per heavy atom. The highest BCUT2D eigenvalue weighted by Crippen LogP contribution is 2.45. The van der Waals surface area contributed by atoms with Crippen molar-refractivity contribution in [1.29, 1.82) is 0 Å². The van der Waals surface area contributed by atoms with Gasteiger partial charge in [0, 0.05) is 23.6 Å². The van der Waals surface area contributed by atoms with Gasteiger partial charge in [-0.05, 0) is 47.5 Å². The standard InChI is InChI=1S/C30H22N2O2S/c33-35(34)29-21-25(31-19-7-13-23-9-3-1-4-10-23)15-17-27(29)28-18-16-26(22-30(28)35)32-20-8-14-24-11-5-2-6-12-24/h1-22H/b13-7+,14-8+,31-19?,32-20?. The maximum absolute atomic E-state index is 13.3. The number of allylic oxidation sites excluding steroid dienone is 2. The summed E-state index contributed by atoms with van der Waals surface area (Å²) in [6.45, 7) is 0. The lowest BCUT2D eigenvalue weighted by Gasteiger charge is -2.00. The molecular formula is C30H22N2O2S. The summed E-state index contributed by atoms with van der Waals surface area (Å²) in [5.74, 6) is 0. The Morgan fingerprint density at radius 1 is 0.543 bits per heavy atom. The molecule has 5 rings (SSSR count). The first-order chi connectivity index (χ1) is 17.1. The number of sulfone groups is 1. The van der Waals surface area contributed by atoms with Crippen LogP contribution in [0.1, 0.15) is 11.1 Å². The van der Waals surface area contributed by atoms with Crippen LogP contribution >= 0.6 is 0 Å². The molecule has 5 heteroatoms. The molecule has 0 saturated carbocycles. The zero-order chi connectivity index (χ0) is 24.1. The molecule has 4 aromatic rings.